The number of Topliss-reactive ketones (excluding diaryl/α,β-unsaturated/α-hetero) is 2. The molecule has 0 aliphatic carbocycles. The number of benzene rings is 2. The Kier molecular flexibility index (Phi) is 7.79. The maximum absolute atomic E-state index is 13.2. The molecule has 0 heterocycles. The Morgan fingerprint density at radius 3 is 1.27 bits per heavy atom. The van der Waals surface area contributed by atoms with Gasteiger partial charge in [0.2, 0.25) is 11.6 Å². The van der Waals surface area contributed by atoms with E-state index in [0.717, 1.165) is 36.4 Å². The van der Waals surface area contributed by atoms with E-state index in [0.29, 0.717) is 0 Å². The second kappa shape index (κ2) is 9.90. The Hall–Kier alpha value is -2.66. The first-order valence-corrected chi connectivity index (χ1v) is 8.69. The average molecular weight is 430 g/mol. The van der Waals surface area contributed by atoms with Gasteiger partial charge in [0.1, 0.15) is 12.2 Å². The van der Waals surface area contributed by atoms with Crippen LogP contribution in [-0.4, -0.2) is 56.4 Å². The van der Waals surface area contributed by atoms with Crippen molar-refractivity contribution in [2.75, 3.05) is 0 Å². The van der Waals surface area contributed by atoms with Gasteiger partial charge in [-0.1, -0.05) is 12.1 Å². The van der Waals surface area contributed by atoms with Crippen LogP contribution in [0.25, 0.3) is 0 Å². The molecule has 30 heavy (non-hydrogen) atoms. The Morgan fingerprint density at radius 1 is 0.633 bits per heavy atom. The first-order valence-electron chi connectivity index (χ1n) is 8.69. The first-order chi connectivity index (χ1) is 14.0. The van der Waals surface area contributed by atoms with E-state index < -0.39 is 72.1 Å². The molecule has 0 aliphatic heterocycles. The van der Waals surface area contributed by atoms with Gasteiger partial charge < -0.3 is 20.4 Å². The molecule has 0 radical (unpaired) electrons. The van der Waals surface area contributed by atoms with Crippen LogP contribution in [0, 0.1) is 23.3 Å². The Morgan fingerprint density at radius 2 is 0.967 bits per heavy atom. The molecule has 2 aromatic rings. The van der Waals surface area contributed by atoms with Crippen LogP contribution >= 0.6 is 0 Å². The van der Waals surface area contributed by atoms with Crippen LogP contribution in [-0.2, 0) is 22.4 Å². The Labute approximate surface area is 168 Å². The van der Waals surface area contributed by atoms with Crippen LogP contribution in [0.1, 0.15) is 11.1 Å². The summed E-state index contributed by atoms with van der Waals surface area (Å²) in [5.74, 6) is -7.96. The molecule has 2 rings (SSSR count). The van der Waals surface area contributed by atoms with E-state index in [1.807, 2.05) is 0 Å². The van der Waals surface area contributed by atoms with Crippen molar-refractivity contribution in [2.45, 2.75) is 37.3 Å². The van der Waals surface area contributed by atoms with E-state index in [-0.39, 0.29) is 11.1 Å². The average Bonchev–Trinajstić information content (AvgIpc) is 2.71. The fourth-order valence-electron chi connectivity index (χ4n) is 2.68. The summed E-state index contributed by atoms with van der Waals surface area (Å²) in [7, 11) is 0. The number of hydrogen-bond acceptors (Lipinski definition) is 6. The molecule has 4 N–H and O–H groups in total. The third-order valence-electron chi connectivity index (χ3n) is 4.37. The number of hydrogen-bond donors (Lipinski definition) is 4. The predicted octanol–water partition coefficient (Wildman–Crippen LogP) is 0.610. The van der Waals surface area contributed by atoms with Gasteiger partial charge in [0.25, 0.3) is 0 Å². The van der Waals surface area contributed by atoms with E-state index in [9.17, 15) is 47.6 Å². The predicted molar refractivity (Wildman–Crippen MR) is 94.2 cm³/mol. The molecule has 2 unspecified atom stereocenters. The van der Waals surface area contributed by atoms with E-state index in [4.69, 9.17) is 0 Å². The van der Waals surface area contributed by atoms with Crippen LogP contribution < -0.4 is 0 Å². The third kappa shape index (κ3) is 5.70. The highest BCUT2D eigenvalue weighted by Crippen LogP contribution is 2.15. The highest BCUT2D eigenvalue weighted by atomic mass is 19.2. The summed E-state index contributed by atoms with van der Waals surface area (Å²) in [5.41, 5.74) is 0.0548. The van der Waals surface area contributed by atoms with Crippen LogP contribution in [0.15, 0.2) is 36.4 Å². The second-order valence-corrected chi connectivity index (χ2v) is 6.66. The van der Waals surface area contributed by atoms with Crippen molar-refractivity contribution in [3.05, 3.63) is 70.8 Å². The second-order valence-electron chi connectivity index (χ2n) is 6.66. The van der Waals surface area contributed by atoms with Crippen molar-refractivity contribution in [3.8, 4) is 0 Å². The smallest absolute Gasteiger partial charge is 0.232 e. The largest absolute Gasteiger partial charge is 0.390 e. The highest BCUT2D eigenvalue weighted by molar-refractivity contribution is 6.40. The SMILES string of the molecule is O=C(C(=O)[C@H](O)C(O)Cc1ccc(F)c(F)c1)[C@@H](O)C(O)Cc1ccc(F)c(F)c1. The molecule has 4 atom stereocenters. The number of rotatable bonds is 9. The van der Waals surface area contributed by atoms with Crippen molar-refractivity contribution in [1.82, 2.24) is 0 Å². The summed E-state index contributed by atoms with van der Waals surface area (Å²) in [6.45, 7) is 0. The lowest BCUT2D eigenvalue weighted by Gasteiger charge is -2.20. The maximum Gasteiger partial charge on any atom is 0.232 e. The number of aliphatic hydroxyl groups excluding tert-OH is 4. The molecule has 0 aromatic heterocycles. The zero-order valence-corrected chi connectivity index (χ0v) is 15.3. The minimum atomic E-state index is -2.31. The fraction of sp³-hybridized carbons (Fsp3) is 0.300. The maximum atomic E-state index is 13.2. The number of ketones is 2. The molecule has 162 valence electrons. The fourth-order valence-corrected chi connectivity index (χ4v) is 2.68. The van der Waals surface area contributed by atoms with Gasteiger partial charge in [0, 0.05) is 12.8 Å². The zero-order valence-electron chi connectivity index (χ0n) is 15.3. The normalized spacial score (nSPS) is 15.3. The summed E-state index contributed by atoms with van der Waals surface area (Å²) in [5, 5.41) is 39.5. The minimum absolute atomic E-state index is 0.0274. The molecule has 6 nitrogen and oxygen atoms in total. The quantitative estimate of drug-likeness (QED) is 0.342. The van der Waals surface area contributed by atoms with Gasteiger partial charge in [0.05, 0.1) is 12.2 Å². The standard InChI is InChI=1S/C20H18F4O6/c21-11-3-1-9(5-13(11)23)7-15(25)17(27)19(29)20(30)18(28)16(26)8-10-2-4-12(22)14(24)6-10/h1-6,15-18,25-28H,7-8H2/t15?,16?,17-,18+. The summed E-state index contributed by atoms with van der Waals surface area (Å²) < 4.78 is 52.2. The van der Waals surface area contributed by atoms with Crippen LogP contribution in [0.4, 0.5) is 17.6 Å². The molecular formula is C20H18F4O6. The highest BCUT2D eigenvalue weighted by Gasteiger charge is 2.36. The lowest BCUT2D eigenvalue weighted by atomic mass is 9.94. The lowest BCUT2D eigenvalue weighted by molar-refractivity contribution is -0.152. The van der Waals surface area contributed by atoms with Gasteiger partial charge in [-0.2, -0.15) is 0 Å². The number of halogens is 4. The summed E-state index contributed by atoms with van der Waals surface area (Å²) >= 11 is 0. The van der Waals surface area contributed by atoms with Crippen molar-refractivity contribution in [1.29, 1.82) is 0 Å². The third-order valence-corrected chi connectivity index (χ3v) is 4.37. The van der Waals surface area contributed by atoms with E-state index in [1.165, 1.54) is 0 Å². The molecular weight excluding hydrogens is 412 g/mol. The van der Waals surface area contributed by atoms with Gasteiger partial charge in [-0.05, 0) is 35.4 Å². The lowest BCUT2D eigenvalue weighted by Crippen LogP contribution is -2.47. The molecule has 0 fully saturated rings. The molecule has 0 amide bonds. The number of carbonyl (C=O) groups excluding carboxylic acids is 2. The summed E-state index contributed by atoms with van der Waals surface area (Å²) in [6.07, 6.45) is -9.41. The van der Waals surface area contributed by atoms with Crippen molar-refractivity contribution >= 4 is 11.6 Å². The van der Waals surface area contributed by atoms with E-state index in [1.54, 1.807) is 0 Å². The van der Waals surface area contributed by atoms with E-state index >= 15 is 0 Å². The van der Waals surface area contributed by atoms with Crippen LogP contribution in [0.5, 0.6) is 0 Å². The summed E-state index contributed by atoms with van der Waals surface area (Å²) in [4.78, 5) is 24.0. The molecule has 10 heteroatoms. The topological polar surface area (TPSA) is 115 Å². The van der Waals surface area contributed by atoms with Gasteiger partial charge in [-0.3, -0.25) is 9.59 Å². The molecule has 0 aliphatic rings. The number of aliphatic hydroxyl groups is 4. The molecule has 0 saturated heterocycles. The van der Waals surface area contributed by atoms with Crippen molar-refractivity contribution in [2.24, 2.45) is 0 Å². The van der Waals surface area contributed by atoms with Crippen LogP contribution in [0.2, 0.25) is 0 Å². The molecule has 0 bridgehead atoms. The molecule has 0 saturated carbocycles. The molecule has 0 spiro atoms. The Bertz CT molecular complexity index is 860. The molecule has 2 aromatic carbocycles. The monoisotopic (exact) mass is 430 g/mol. The van der Waals surface area contributed by atoms with Gasteiger partial charge in [0.15, 0.2) is 23.3 Å². The van der Waals surface area contributed by atoms with Gasteiger partial charge in [-0.25, -0.2) is 17.6 Å². The van der Waals surface area contributed by atoms with Crippen molar-refractivity contribution in [3.63, 3.8) is 0 Å². The zero-order chi connectivity index (χ0) is 22.6. The minimum Gasteiger partial charge on any atom is -0.390 e. The number of carbonyl (C=O) groups is 2. The van der Waals surface area contributed by atoms with Gasteiger partial charge in [-0.15, -0.1) is 0 Å². The van der Waals surface area contributed by atoms with Crippen LogP contribution in [0.3, 0.4) is 0 Å². The first kappa shape index (κ1) is 23.6. The summed E-state index contributed by atoms with van der Waals surface area (Å²) in [6, 6.07) is 5.21. The van der Waals surface area contributed by atoms with Crippen molar-refractivity contribution < 1.29 is 47.6 Å². The van der Waals surface area contributed by atoms with E-state index in [2.05, 4.69) is 0 Å². The Balaban J connectivity index is 2.00. The van der Waals surface area contributed by atoms with Gasteiger partial charge >= 0.3 is 0 Å².